The van der Waals surface area contributed by atoms with Crippen molar-refractivity contribution in [1.29, 1.82) is 0 Å². The highest BCUT2D eigenvalue weighted by Gasteiger charge is 2.15. The number of aromatic nitrogens is 3. The molecule has 2 heterocycles. The van der Waals surface area contributed by atoms with E-state index in [0.717, 1.165) is 5.56 Å². The van der Waals surface area contributed by atoms with Gasteiger partial charge in [-0.05, 0) is 43.6 Å². The molecule has 110 valence electrons. The predicted octanol–water partition coefficient (Wildman–Crippen LogP) is 2.75. The topological polar surface area (TPSA) is 66.4 Å². The molecule has 3 rings (SSSR count). The fourth-order valence-electron chi connectivity index (χ4n) is 1.91. The van der Waals surface area contributed by atoms with Crippen LogP contribution in [0.4, 0.5) is 0 Å². The summed E-state index contributed by atoms with van der Waals surface area (Å²) in [5, 5.41) is 0.0885. The Bertz CT molecular complexity index is 664. The van der Waals surface area contributed by atoms with E-state index in [1.807, 2.05) is 32.0 Å². The molecule has 0 N–H and O–H groups in total. The first-order valence-corrected chi connectivity index (χ1v) is 6.98. The highest BCUT2D eigenvalue weighted by atomic mass is 35.5. The lowest BCUT2D eigenvalue weighted by Gasteiger charge is -2.18. The molecular formula is C14H14ClN3O3. The van der Waals surface area contributed by atoms with E-state index in [9.17, 15) is 0 Å². The van der Waals surface area contributed by atoms with E-state index in [1.54, 1.807) is 0 Å². The van der Waals surface area contributed by atoms with Gasteiger partial charge in [-0.2, -0.15) is 15.0 Å². The van der Waals surface area contributed by atoms with Crippen LogP contribution in [0.3, 0.4) is 0 Å². The van der Waals surface area contributed by atoms with E-state index in [2.05, 4.69) is 15.0 Å². The lowest BCUT2D eigenvalue weighted by atomic mass is 10.2. The third-order valence-electron chi connectivity index (χ3n) is 2.73. The molecule has 0 spiro atoms. The third kappa shape index (κ3) is 3.16. The predicted molar refractivity (Wildman–Crippen MR) is 77.0 cm³/mol. The molecule has 7 heteroatoms. The quantitative estimate of drug-likeness (QED) is 0.868. The molecule has 0 unspecified atom stereocenters. The van der Waals surface area contributed by atoms with Crippen molar-refractivity contribution in [3.63, 3.8) is 0 Å². The van der Waals surface area contributed by atoms with Crippen LogP contribution >= 0.6 is 11.6 Å². The SMILES string of the molecule is CC(C)Oc1nc(Cl)nc(-c2ccc3c(c2)OCCO3)n1. The number of hydrogen-bond donors (Lipinski definition) is 0. The minimum Gasteiger partial charge on any atom is -0.486 e. The molecule has 1 aliphatic heterocycles. The third-order valence-corrected chi connectivity index (χ3v) is 2.90. The first kappa shape index (κ1) is 13.9. The van der Waals surface area contributed by atoms with E-state index in [0.29, 0.717) is 30.5 Å². The summed E-state index contributed by atoms with van der Waals surface area (Å²) in [7, 11) is 0. The second-order valence-corrected chi connectivity index (χ2v) is 5.07. The maximum absolute atomic E-state index is 5.93. The Kier molecular flexibility index (Phi) is 3.79. The molecule has 0 atom stereocenters. The lowest BCUT2D eigenvalue weighted by molar-refractivity contribution is 0.171. The largest absolute Gasteiger partial charge is 0.486 e. The number of rotatable bonds is 3. The summed E-state index contributed by atoms with van der Waals surface area (Å²) in [5.74, 6) is 1.81. The van der Waals surface area contributed by atoms with Gasteiger partial charge in [-0.3, -0.25) is 0 Å². The number of halogens is 1. The molecule has 2 aromatic rings. The van der Waals surface area contributed by atoms with Crippen LogP contribution < -0.4 is 14.2 Å². The van der Waals surface area contributed by atoms with Crippen molar-refractivity contribution in [2.75, 3.05) is 13.2 Å². The molecule has 0 fully saturated rings. The highest BCUT2D eigenvalue weighted by molar-refractivity contribution is 6.28. The van der Waals surface area contributed by atoms with Gasteiger partial charge in [0.2, 0.25) is 5.28 Å². The molecule has 1 aromatic heterocycles. The molecule has 0 bridgehead atoms. The van der Waals surface area contributed by atoms with E-state index in [1.165, 1.54) is 0 Å². The molecule has 1 aromatic carbocycles. The summed E-state index contributed by atoms with van der Waals surface area (Å²) < 4.78 is 16.5. The molecular weight excluding hydrogens is 294 g/mol. The van der Waals surface area contributed by atoms with Crippen LogP contribution in [-0.4, -0.2) is 34.3 Å². The van der Waals surface area contributed by atoms with Crippen LogP contribution in [0.15, 0.2) is 18.2 Å². The smallest absolute Gasteiger partial charge is 0.321 e. The van der Waals surface area contributed by atoms with Gasteiger partial charge in [0.15, 0.2) is 17.3 Å². The van der Waals surface area contributed by atoms with Gasteiger partial charge in [-0.1, -0.05) is 0 Å². The Labute approximate surface area is 127 Å². The molecule has 1 aliphatic rings. The molecule has 0 amide bonds. The summed E-state index contributed by atoms with van der Waals surface area (Å²) >= 11 is 5.93. The van der Waals surface area contributed by atoms with E-state index in [4.69, 9.17) is 25.8 Å². The summed E-state index contributed by atoms with van der Waals surface area (Å²) in [6.45, 7) is 4.86. The highest BCUT2D eigenvalue weighted by Crippen LogP contribution is 2.33. The van der Waals surface area contributed by atoms with Gasteiger partial charge in [-0.15, -0.1) is 0 Å². The van der Waals surface area contributed by atoms with Crippen molar-refractivity contribution in [3.05, 3.63) is 23.5 Å². The van der Waals surface area contributed by atoms with Gasteiger partial charge in [0, 0.05) is 5.56 Å². The fourth-order valence-corrected chi connectivity index (χ4v) is 2.06. The number of hydrogen-bond acceptors (Lipinski definition) is 6. The number of benzene rings is 1. The second-order valence-electron chi connectivity index (χ2n) is 4.74. The van der Waals surface area contributed by atoms with Crippen LogP contribution in [-0.2, 0) is 0 Å². The summed E-state index contributed by atoms with van der Waals surface area (Å²) in [6, 6.07) is 5.69. The average molecular weight is 308 g/mol. The van der Waals surface area contributed by atoms with Gasteiger partial charge in [0.25, 0.3) is 0 Å². The summed E-state index contributed by atoms with van der Waals surface area (Å²) in [4.78, 5) is 12.3. The Morgan fingerprint density at radius 1 is 1.10 bits per heavy atom. The fraction of sp³-hybridized carbons (Fsp3) is 0.357. The minimum absolute atomic E-state index is 0.0448. The number of fused-ring (bicyclic) bond motifs is 1. The van der Waals surface area contributed by atoms with Gasteiger partial charge in [0.05, 0.1) is 6.10 Å². The number of nitrogens with zero attached hydrogens (tertiary/aromatic N) is 3. The van der Waals surface area contributed by atoms with Gasteiger partial charge >= 0.3 is 6.01 Å². The molecule has 0 saturated carbocycles. The molecule has 6 nitrogen and oxygen atoms in total. The number of ether oxygens (including phenoxy) is 3. The Balaban J connectivity index is 1.97. The normalized spacial score (nSPS) is 13.3. The summed E-state index contributed by atoms with van der Waals surface area (Å²) in [5.41, 5.74) is 0.761. The van der Waals surface area contributed by atoms with E-state index in [-0.39, 0.29) is 17.4 Å². The van der Waals surface area contributed by atoms with Gasteiger partial charge in [0.1, 0.15) is 13.2 Å². The van der Waals surface area contributed by atoms with Crippen LogP contribution in [0.1, 0.15) is 13.8 Å². The van der Waals surface area contributed by atoms with Crippen LogP contribution in [0.25, 0.3) is 11.4 Å². The monoisotopic (exact) mass is 307 g/mol. The molecule has 21 heavy (non-hydrogen) atoms. The maximum atomic E-state index is 5.93. The van der Waals surface area contributed by atoms with E-state index >= 15 is 0 Å². The maximum Gasteiger partial charge on any atom is 0.321 e. The van der Waals surface area contributed by atoms with Gasteiger partial charge in [-0.25, -0.2) is 0 Å². The molecule has 0 radical (unpaired) electrons. The van der Waals surface area contributed by atoms with Gasteiger partial charge < -0.3 is 14.2 Å². The zero-order valence-corrected chi connectivity index (χ0v) is 12.4. The zero-order valence-electron chi connectivity index (χ0n) is 11.7. The van der Waals surface area contributed by atoms with Crippen molar-refractivity contribution in [3.8, 4) is 28.9 Å². The van der Waals surface area contributed by atoms with Crippen molar-refractivity contribution in [2.24, 2.45) is 0 Å². The standard InChI is InChI=1S/C14H14ClN3O3/c1-8(2)21-14-17-12(16-13(15)18-14)9-3-4-10-11(7-9)20-6-5-19-10/h3-4,7-8H,5-6H2,1-2H3. The first-order chi connectivity index (χ1) is 10.1. The van der Waals surface area contributed by atoms with Crippen molar-refractivity contribution in [2.45, 2.75) is 20.0 Å². The van der Waals surface area contributed by atoms with Crippen molar-refractivity contribution in [1.82, 2.24) is 15.0 Å². The van der Waals surface area contributed by atoms with Crippen LogP contribution in [0, 0.1) is 0 Å². The zero-order chi connectivity index (χ0) is 14.8. The van der Waals surface area contributed by atoms with Crippen molar-refractivity contribution >= 4 is 11.6 Å². The molecule has 0 saturated heterocycles. The first-order valence-electron chi connectivity index (χ1n) is 6.60. The van der Waals surface area contributed by atoms with Crippen molar-refractivity contribution < 1.29 is 14.2 Å². The van der Waals surface area contributed by atoms with E-state index < -0.39 is 0 Å². The second kappa shape index (κ2) is 5.73. The van der Waals surface area contributed by atoms with Crippen LogP contribution in [0.2, 0.25) is 5.28 Å². The Morgan fingerprint density at radius 2 is 1.86 bits per heavy atom. The van der Waals surface area contributed by atoms with Crippen LogP contribution in [0.5, 0.6) is 17.5 Å². The summed E-state index contributed by atoms with van der Waals surface area (Å²) in [6.07, 6.45) is -0.0448. The lowest BCUT2D eigenvalue weighted by Crippen LogP contribution is -2.15. The minimum atomic E-state index is -0.0448. The Hall–Kier alpha value is -2.08. The molecule has 0 aliphatic carbocycles. The Morgan fingerprint density at radius 3 is 2.62 bits per heavy atom. The average Bonchev–Trinajstić information content (AvgIpc) is 2.45.